The lowest BCUT2D eigenvalue weighted by molar-refractivity contribution is 0.0907. The summed E-state index contributed by atoms with van der Waals surface area (Å²) in [7, 11) is 0. The molecule has 2 atom stereocenters. The molecule has 0 aliphatic heterocycles. The van der Waals surface area contributed by atoms with Gasteiger partial charge in [0.25, 0.3) is 5.91 Å². The van der Waals surface area contributed by atoms with Crippen LogP contribution in [0.5, 0.6) is 0 Å². The first-order chi connectivity index (χ1) is 10.9. The summed E-state index contributed by atoms with van der Waals surface area (Å²) in [5, 5.41) is 10.5. The van der Waals surface area contributed by atoms with Gasteiger partial charge in [0, 0.05) is 24.6 Å². The Labute approximate surface area is 140 Å². The van der Waals surface area contributed by atoms with Gasteiger partial charge >= 0.3 is 0 Å². The molecule has 1 aromatic heterocycles. The molecule has 1 heterocycles. The molecule has 0 aromatic carbocycles. The van der Waals surface area contributed by atoms with E-state index in [0.717, 1.165) is 43.6 Å². The lowest BCUT2D eigenvalue weighted by atomic mass is 9.78. The Morgan fingerprint density at radius 3 is 2.52 bits per heavy atom. The van der Waals surface area contributed by atoms with Gasteiger partial charge in [-0.05, 0) is 38.6 Å². The van der Waals surface area contributed by atoms with Crippen LogP contribution in [0.4, 0.5) is 0 Å². The molecule has 1 aromatic rings. The van der Waals surface area contributed by atoms with Crippen LogP contribution >= 0.6 is 0 Å². The van der Waals surface area contributed by atoms with Crippen molar-refractivity contribution in [2.24, 2.45) is 5.41 Å². The molecule has 2 unspecified atom stereocenters. The largest absolute Gasteiger partial charge is 0.360 e. The maximum Gasteiger partial charge on any atom is 0.273 e. The Bertz CT molecular complexity index is 498. The smallest absolute Gasteiger partial charge is 0.273 e. The van der Waals surface area contributed by atoms with E-state index in [-0.39, 0.29) is 11.3 Å². The molecule has 0 radical (unpaired) electrons. The second kappa shape index (κ2) is 9.06. The minimum Gasteiger partial charge on any atom is -0.360 e. The van der Waals surface area contributed by atoms with Gasteiger partial charge in [-0.25, -0.2) is 0 Å². The minimum atomic E-state index is -0.143. The highest BCUT2D eigenvalue weighted by Crippen LogP contribution is 2.27. The fourth-order valence-electron chi connectivity index (χ4n) is 2.91. The molecular formula is C18H33N3O2. The zero-order chi connectivity index (χ0) is 17.5. The van der Waals surface area contributed by atoms with Crippen LogP contribution in [-0.4, -0.2) is 30.2 Å². The lowest BCUT2D eigenvalue weighted by Crippen LogP contribution is -2.48. The summed E-state index contributed by atoms with van der Waals surface area (Å²) >= 11 is 0. The molecule has 23 heavy (non-hydrogen) atoms. The van der Waals surface area contributed by atoms with Crippen molar-refractivity contribution < 1.29 is 9.32 Å². The monoisotopic (exact) mass is 323 g/mol. The van der Waals surface area contributed by atoms with Crippen LogP contribution < -0.4 is 10.6 Å². The Balaban J connectivity index is 2.73. The maximum atomic E-state index is 12.4. The third-order valence-corrected chi connectivity index (χ3v) is 4.78. The number of rotatable bonds is 10. The third-order valence-electron chi connectivity index (χ3n) is 4.78. The van der Waals surface area contributed by atoms with Crippen LogP contribution in [0, 0.1) is 12.3 Å². The fourth-order valence-corrected chi connectivity index (χ4v) is 2.91. The van der Waals surface area contributed by atoms with Gasteiger partial charge in [-0.15, -0.1) is 0 Å². The van der Waals surface area contributed by atoms with E-state index in [1.807, 2.05) is 13.8 Å². The number of carbonyl (C=O) groups is 1. The fraction of sp³-hybridized carbons (Fsp3) is 0.778. The molecule has 0 fully saturated rings. The van der Waals surface area contributed by atoms with Gasteiger partial charge in [-0.2, -0.15) is 0 Å². The number of aromatic nitrogens is 1. The van der Waals surface area contributed by atoms with E-state index in [1.165, 1.54) is 0 Å². The topological polar surface area (TPSA) is 67.2 Å². The molecule has 0 saturated carbocycles. The summed E-state index contributed by atoms with van der Waals surface area (Å²) < 4.78 is 5.22. The second-order valence-corrected chi connectivity index (χ2v) is 6.70. The number of nitrogens with zero attached hydrogens (tertiary/aromatic N) is 1. The molecule has 132 valence electrons. The van der Waals surface area contributed by atoms with Gasteiger partial charge in [0.15, 0.2) is 5.69 Å². The number of nitrogens with one attached hydrogen (secondary N) is 2. The van der Waals surface area contributed by atoms with E-state index in [2.05, 4.69) is 43.5 Å². The van der Waals surface area contributed by atoms with Gasteiger partial charge in [0.05, 0.1) is 0 Å². The van der Waals surface area contributed by atoms with Crippen molar-refractivity contribution in [3.63, 3.8) is 0 Å². The summed E-state index contributed by atoms with van der Waals surface area (Å²) in [4.78, 5) is 12.4. The van der Waals surface area contributed by atoms with E-state index in [4.69, 9.17) is 4.52 Å². The van der Waals surface area contributed by atoms with Crippen molar-refractivity contribution in [1.29, 1.82) is 0 Å². The highest BCUT2D eigenvalue weighted by molar-refractivity contribution is 5.93. The molecule has 0 aliphatic rings. The van der Waals surface area contributed by atoms with Crippen molar-refractivity contribution in [2.45, 2.75) is 73.3 Å². The van der Waals surface area contributed by atoms with Crippen molar-refractivity contribution in [3.05, 3.63) is 17.0 Å². The zero-order valence-corrected chi connectivity index (χ0v) is 15.6. The normalized spacial score (nSPS) is 15.2. The summed E-state index contributed by atoms with van der Waals surface area (Å²) in [5.41, 5.74) is 1.28. The minimum absolute atomic E-state index is 0.0187. The number of carbonyl (C=O) groups excluding carboxylic acids is 1. The van der Waals surface area contributed by atoms with Gasteiger partial charge in [-0.3, -0.25) is 4.79 Å². The molecule has 2 N–H and O–H groups in total. The Hall–Kier alpha value is -1.36. The average molecular weight is 323 g/mol. The molecule has 0 bridgehead atoms. The van der Waals surface area contributed by atoms with Crippen molar-refractivity contribution >= 4 is 5.91 Å². The van der Waals surface area contributed by atoms with E-state index >= 15 is 0 Å². The molecule has 1 rings (SSSR count). The summed E-state index contributed by atoms with van der Waals surface area (Å²) in [6, 6.07) is 0.340. The molecule has 0 spiro atoms. The summed E-state index contributed by atoms with van der Waals surface area (Å²) in [5.74, 6) is 0.639. The van der Waals surface area contributed by atoms with Gasteiger partial charge in [0.1, 0.15) is 5.76 Å². The SMILES string of the molecule is CCCNC(C)C(C)(CCC)CNC(=O)c1noc(CC)c1C. The van der Waals surface area contributed by atoms with Crippen LogP contribution in [0.15, 0.2) is 4.52 Å². The average Bonchev–Trinajstić information content (AvgIpc) is 2.91. The van der Waals surface area contributed by atoms with E-state index in [1.54, 1.807) is 0 Å². The number of aryl methyl sites for hydroxylation is 1. The lowest BCUT2D eigenvalue weighted by Gasteiger charge is -2.36. The van der Waals surface area contributed by atoms with Crippen LogP contribution in [0.25, 0.3) is 0 Å². The van der Waals surface area contributed by atoms with Crippen LogP contribution in [0.3, 0.4) is 0 Å². The highest BCUT2D eigenvalue weighted by Gasteiger charge is 2.31. The molecule has 1 amide bonds. The van der Waals surface area contributed by atoms with E-state index in [0.29, 0.717) is 18.3 Å². The Morgan fingerprint density at radius 2 is 2.00 bits per heavy atom. The molecule has 0 saturated heterocycles. The predicted molar refractivity (Wildman–Crippen MR) is 93.7 cm³/mol. The van der Waals surface area contributed by atoms with Gasteiger partial charge in [0.2, 0.25) is 0 Å². The van der Waals surface area contributed by atoms with Crippen LogP contribution in [-0.2, 0) is 6.42 Å². The van der Waals surface area contributed by atoms with Crippen LogP contribution in [0.2, 0.25) is 0 Å². The third kappa shape index (κ3) is 5.06. The molecule has 5 nitrogen and oxygen atoms in total. The maximum absolute atomic E-state index is 12.4. The quantitative estimate of drug-likeness (QED) is 0.692. The first-order valence-corrected chi connectivity index (χ1v) is 8.86. The zero-order valence-electron chi connectivity index (χ0n) is 15.6. The van der Waals surface area contributed by atoms with E-state index < -0.39 is 0 Å². The predicted octanol–water partition coefficient (Wildman–Crippen LogP) is 3.47. The Kier molecular flexibility index (Phi) is 7.76. The van der Waals surface area contributed by atoms with Crippen LogP contribution in [0.1, 0.15) is 75.7 Å². The van der Waals surface area contributed by atoms with E-state index in [9.17, 15) is 4.79 Å². The van der Waals surface area contributed by atoms with Crippen molar-refractivity contribution in [1.82, 2.24) is 15.8 Å². The van der Waals surface area contributed by atoms with Crippen molar-refractivity contribution in [2.75, 3.05) is 13.1 Å². The number of hydrogen-bond donors (Lipinski definition) is 2. The first kappa shape index (κ1) is 19.7. The molecular weight excluding hydrogens is 290 g/mol. The Morgan fingerprint density at radius 1 is 1.30 bits per heavy atom. The van der Waals surface area contributed by atoms with Gasteiger partial charge < -0.3 is 15.2 Å². The number of hydrogen-bond acceptors (Lipinski definition) is 4. The molecule has 5 heteroatoms. The van der Waals surface area contributed by atoms with Crippen molar-refractivity contribution in [3.8, 4) is 0 Å². The standard InChI is InChI=1S/C18H33N3O2/c1-7-10-18(6,14(5)19-11-8-2)12-20-17(22)16-13(4)15(9-3)23-21-16/h14,19H,7-12H2,1-6H3,(H,20,22). The van der Waals surface area contributed by atoms with Gasteiger partial charge in [-0.1, -0.05) is 39.3 Å². The summed E-state index contributed by atoms with van der Waals surface area (Å²) in [6.07, 6.45) is 4.01. The summed E-state index contributed by atoms with van der Waals surface area (Å²) in [6.45, 7) is 14.3. The number of amides is 1. The first-order valence-electron chi connectivity index (χ1n) is 8.86. The highest BCUT2D eigenvalue weighted by atomic mass is 16.5. The second-order valence-electron chi connectivity index (χ2n) is 6.70. The molecule has 0 aliphatic carbocycles.